The highest BCUT2D eigenvalue weighted by Crippen LogP contribution is 2.15. The average molecular weight is 392 g/mol. The van der Waals surface area contributed by atoms with Crippen LogP contribution in [0.5, 0.6) is 0 Å². The Morgan fingerprint density at radius 3 is 2.75 bits per heavy atom. The molecule has 0 aliphatic heterocycles. The third-order valence-corrected chi connectivity index (χ3v) is 4.04. The second kappa shape index (κ2) is 4.75. The fraction of sp³-hybridized carbons (Fsp3) is 0.571. The van der Waals surface area contributed by atoms with Gasteiger partial charge < -0.3 is 4.74 Å². The van der Waals surface area contributed by atoms with Gasteiger partial charge >= 0.3 is 0 Å². The molecule has 1 unspecified atom stereocenters. The van der Waals surface area contributed by atoms with Crippen LogP contribution in [0.15, 0.2) is 6.20 Å². The van der Waals surface area contributed by atoms with E-state index < -0.39 is 0 Å². The van der Waals surface area contributed by atoms with E-state index >= 15 is 0 Å². The molecule has 1 heterocycles. The number of nitrogens with zero attached hydrogens (tertiary/aromatic N) is 2. The quantitative estimate of drug-likeness (QED) is 0.740. The summed E-state index contributed by atoms with van der Waals surface area (Å²) >= 11 is 4.47. The van der Waals surface area contributed by atoms with Crippen molar-refractivity contribution in [2.24, 2.45) is 0 Å². The van der Waals surface area contributed by atoms with Crippen LogP contribution in [0.1, 0.15) is 20.1 Å². The second-order valence-corrected chi connectivity index (χ2v) is 4.49. The molecule has 12 heavy (non-hydrogen) atoms. The first kappa shape index (κ1) is 10.7. The molecule has 1 aromatic heterocycles. The van der Waals surface area contributed by atoms with Gasteiger partial charge in [0.15, 0.2) is 0 Å². The average Bonchev–Trinajstić information content (AvgIpc) is 2.33. The maximum absolute atomic E-state index is 5.39. The molecule has 0 bridgehead atoms. The standard InChI is InChI=1S/C7H10I2N2O/c1-3-12-5(2)11-4-6(8)7(9)10-11/h4-5H,3H2,1-2H3. The van der Waals surface area contributed by atoms with Crippen molar-refractivity contribution in [3.63, 3.8) is 0 Å². The smallest absolute Gasteiger partial charge is 0.147 e. The van der Waals surface area contributed by atoms with Crippen molar-refractivity contribution in [2.45, 2.75) is 20.1 Å². The van der Waals surface area contributed by atoms with Crippen LogP contribution in [-0.4, -0.2) is 16.4 Å². The molecule has 1 rings (SSSR count). The molecule has 0 spiro atoms. The fourth-order valence-electron chi connectivity index (χ4n) is 0.851. The van der Waals surface area contributed by atoms with Crippen LogP contribution in [0.4, 0.5) is 0 Å². The van der Waals surface area contributed by atoms with Gasteiger partial charge in [0.25, 0.3) is 0 Å². The molecule has 0 amide bonds. The first-order valence-corrected chi connectivity index (χ1v) is 5.82. The zero-order valence-electron chi connectivity index (χ0n) is 6.92. The Labute approximate surface area is 99.1 Å². The summed E-state index contributed by atoms with van der Waals surface area (Å²) in [7, 11) is 0. The van der Waals surface area contributed by atoms with Gasteiger partial charge in [0.2, 0.25) is 0 Å². The van der Waals surface area contributed by atoms with Crippen LogP contribution in [0.25, 0.3) is 0 Å². The lowest BCUT2D eigenvalue weighted by atomic mass is 10.6. The van der Waals surface area contributed by atoms with Crippen LogP contribution in [-0.2, 0) is 4.74 Å². The van der Waals surface area contributed by atoms with Crippen molar-refractivity contribution in [1.82, 2.24) is 9.78 Å². The molecule has 0 aliphatic carbocycles. The van der Waals surface area contributed by atoms with E-state index in [2.05, 4.69) is 50.3 Å². The Hall–Kier alpha value is 0.630. The molecule has 0 saturated heterocycles. The van der Waals surface area contributed by atoms with Gasteiger partial charge in [0.05, 0.1) is 3.57 Å². The Bertz CT molecular complexity index is 242. The van der Waals surface area contributed by atoms with Gasteiger partial charge in [-0.1, -0.05) is 0 Å². The molecule has 68 valence electrons. The molecule has 0 radical (unpaired) electrons. The Morgan fingerprint density at radius 2 is 2.33 bits per heavy atom. The van der Waals surface area contributed by atoms with E-state index in [0.717, 1.165) is 3.70 Å². The SMILES string of the molecule is CCOC(C)n1cc(I)c(I)n1. The van der Waals surface area contributed by atoms with Crippen molar-refractivity contribution in [2.75, 3.05) is 6.61 Å². The molecule has 0 N–H and O–H groups in total. The van der Waals surface area contributed by atoms with E-state index in [1.54, 1.807) is 0 Å². The molecule has 5 heteroatoms. The summed E-state index contributed by atoms with van der Waals surface area (Å²) in [6, 6.07) is 0. The maximum atomic E-state index is 5.39. The first-order valence-electron chi connectivity index (χ1n) is 3.67. The second-order valence-electron chi connectivity index (χ2n) is 2.30. The highest BCUT2D eigenvalue weighted by molar-refractivity contribution is 14.1. The highest BCUT2D eigenvalue weighted by Gasteiger charge is 2.08. The Morgan fingerprint density at radius 1 is 1.67 bits per heavy atom. The van der Waals surface area contributed by atoms with E-state index in [-0.39, 0.29) is 6.23 Å². The lowest BCUT2D eigenvalue weighted by Crippen LogP contribution is -2.09. The van der Waals surface area contributed by atoms with Crippen LogP contribution in [0, 0.1) is 7.27 Å². The Balaban J connectivity index is 2.74. The monoisotopic (exact) mass is 392 g/mol. The first-order chi connectivity index (χ1) is 5.65. The van der Waals surface area contributed by atoms with E-state index in [0.29, 0.717) is 6.61 Å². The van der Waals surface area contributed by atoms with Gasteiger partial charge in [-0.15, -0.1) is 0 Å². The minimum Gasteiger partial charge on any atom is -0.357 e. The molecule has 0 saturated carbocycles. The van der Waals surface area contributed by atoms with E-state index in [9.17, 15) is 0 Å². The molecular weight excluding hydrogens is 382 g/mol. The summed E-state index contributed by atoms with van der Waals surface area (Å²) in [5.74, 6) is 0. The summed E-state index contributed by atoms with van der Waals surface area (Å²) in [4.78, 5) is 0. The zero-order valence-corrected chi connectivity index (χ0v) is 11.2. The third-order valence-electron chi connectivity index (χ3n) is 1.43. The van der Waals surface area contributed by atoms with Crippen LogP contribution < -0.4 is 0 Å². The zero-order chi connectivity index (χ0) is 9.14. The summed E-state index contributed by atoms with van der Waals surface area (Å²) in [6.45, 7) is 4.69. The number of aromatic nitrogens is 2. The normalized spacial score (nSPS) is 13.3. The van der Waals surface area contributed by atoms with Gasteiger partial charge in [0.1, 0.15) is 9.93 Å². The molecule has 1 atom stereocenters. The maximum Gasteiger partial charge on any atom is 0.147 e. The highest BCUT2D eigenvalue weighted by atomic mass is 127. The summed E-state index contributed by atoms with van der Waals surface area (Å²) in [6.07, 6.45) is 2.02. The lowest BCUT2D eigenvalue weighted by molar-refractivity contribution is 0.0157. The van der Waals surface area contributed by atoms with Crippen LogP contribution >= 0.6 is 45.2 Å². The fourth-order valence-corrected chi connectivity index (χ4v) is 1.63. The minimum absolute atomic E-state index is 0.0343. The van der Waals surface area contributed by atoms with Crippen LogP contribution in [0.2, 0.25) is 0 Å². The van der Waals surface area contributed by atoms with E-state index in [1.807, 2.05) is 24.7 Å². The number of hydrogen-bond acceptors (Lipinski definition) is 2. The largest absolute Gasteiger partial charge is 0.357 e. The van der Waals surface area contributed by atoms with E-state index in [4.69, 9.17) is 4.74 Å². The predicted molar refractivity (Wildman–Crippen MR) is 64.0 cm³/mol. The molecule has 0 aliphatic rings. The van der Waals surface area contributed by atoms with E-state index in [1.165, 1.54) is 3.57 Å². The van der Waals surface area contributed by atoms with Crippen molar-refractivity contribution in [3.05, 3.63) is 13.5 Å². The number of rotatable bonds is 3. The molecule has 1 aromatic rings. The topological polar surface area (TPSA) is 27.1 Å². The van der Waals surface area contributed by atoms with Gasteiger partial charge in [0, 0.05) is 12.8 Å². The van der Waals surface area contributed by atoms with Crippen molar-refractivity contribution in [1.29, 1.82) is 0 Å². The predicted octanol–water partition coefficient (Wildman–Crippen LogP) is 2.65. The van der Waals surface area contributed by atoms with Crippen molar-refractivity contribution in [3.8, 4) is 0 Å². The van der Waals surface area contributed by atoms with Gasteiger partial charge in [-0.2, -0.15) is 5.10 Å². The third kappa shape index (κ3) is 2.56. The van der Waals surface area contributed by atoms with Crippen molar-refractivity contribution < 1.29 is 4.74 Å². The molecule has 0 fully saturated rings. The number of ether oxygens (including phenoxy) is 1. The Kier molecular flexibility index (Phi) is 4.24. The van der Waals surface area contributed by atoms with Gasteiger partial charge in [-0.05, 0) is 59.0 Å². The van der Waals surface area contributed by atoms with Gasteiger partial charge in [-0.25, -0.2) is 4.68 Å². The summed E-state index contributed by atoms with van der Waals surface area (Å²) in [5, 5.41) is 4.30. The van der Waals surface area contributed by atoms with Crippen LogP contribution in [0.3, 0.4) is 0 Å². The minimum atomic E-state index is 0.0343. The lowest BCUT2D eigenvalue weighted by Gasteiger charge is -2.10. The van der Waals surface area contributed by atoms with Crippen molar-refractivity contribution >= 4 is 45.2 Å². The molecule has 0 aromatic carbocycles. The summed E-state index contributed by atoms with van der Waals surface area (Å²) < 4.78 is 9.42. The number of hydrogen-bond donors (Lipinski definition) is 0. The molecular formula is C7H10I2N2O. The molecule has 3 nitrogen and oxygen atoms in total. The van der Waals surface area contributed by atoms with Gasteiger partial charge in [-0.3, -0.25) is 0 Å². The number of halogens is 2. The summed E-state index contributed by atoms with van der Waals surface area (Å²) in [5.41, 5.74) is 0.